The predicted molar refractivity (Wildman–Crippen MR) is 74.4 cm³/mol. The van der Waals surface area contributed by atoms with Gasteiger partial charge in [0.05, 0.1) is 15.1 Å². The first-order valence-corrected chi connectivity index (χ1v) is 6.59. The third kappa shape index (κ3) is 2.67. The summed E-state index contributed by atoms with van der Waals surface area (Å²) in [5, 5.41) is 10.9. The monoisotopic (exact) mass is 304 g/mol. The standard InChI is InChI=1S/C13H11Cl3O2/c1-2-11(17)13-4-3-12(18-13)7-5-9(15)10(16)6-8(7)14/h3-6,11,17H,2H2,1H3. The van der Waals surface area contributed by atoms with Crippen LogP contribution in [0.2, 0.25) is 15.1 Å². The number of furan rings is 1. The Balaban J connectivity index is 2.43. The summed E-state index contributed by atoms with van der Waals surface area (Å²) >= 11 is 17.9. The molecule has 0 amide bonds. The van der Waals surface area contributed by atoms with E-state index in [2.05, 4.69) is 0 Å². The number of benzene rings is 1. The fourth-order valence-corrected chi connectivity index (χ4v) is 2.23. The Hall–Kier alpha value is -0.670. The first-order chi connectivity index (χ1) is 8.52. The normalized spacial score (nSPS) is 12.7. The summed E-state index contributed by atoms with van der Waals surface area (Å²) in [5.74, 6) is 1.07. The summed E-state index contributed by atoms with van der Waals surface area (Å²) in [4.78, 5) is 0. The van der Waals surface area contributed by atoms with Crippen LogP contribution in [0.3, 0.4) is 0 Å². The Kier molecular flexibility index (Phi) is 4.23. The molecule has 0 bridgehead atoms. The highest BCUT2D eigenvalue weighted by Gasteiger charge is 2.14. The zero-order chi connectivity index (χ0) is 13.3. The summed E-state index contributed by atoms with van der Waals surface area (Å²) in [6.07, 6.45) is -0.0255. The van der Waals surface area contributed by atoms with Crippen LogP contribution in [0.25, 0.3) is 11.3 Å². The lowest BCUT2D eigenvalue weighted by Gasteiger charge is -2.05. The van der Waals surface area contributed by atoms with E-state index in [0.29, 0.717) is 38.6 Å². The zero-order valence-electron chi connectivity index (χ0n) is 9.58. The Bertz CT molecular complexity index is 563. The Labute approximate surface area is 120 Å². The number of rotatable bonds is 3. The second-order valence-electron chi connectivity index (χ2n) is 3.87. The highest BCUT2D eigenvalue weighted by Crippen LogP contribution is 2.36. The molecule has 0 saturated heterocycles. The van der Waals surface area contributed by atoms with Gasteiger partial charge in [-0.25, -0.2) is 0 Å². The summed E-state index contributed by atoms with van der Waals surface area (Å²) in [5.41, 5.74) is 0.653. The second kappa shape index (κ2) is 5.54. The van der Waals surface area contributed by atoms with Crippen LogP contribution in [-0.2, 0) is 0 Å². The van der Waals surface area contributed by atoms with Gasteiger partial charge in [0.2, 0.25) is 0 Å². The molecule has 1 unspecified atom stereocenters. The van der Waals surface area contributed by atoms with E-state index in [9.17, 15) is 5.11 Å². The van der Waals surface area contributed by atoms with Gasteiger partial charge in [-0.3, -0.25) is 0 Å². The maximum absolute atomic E-state index is 9.68. The van der Waals surface area contributed by atoms with Crippen molar-refractivity contribution in [1.82, 2.24) is 0 Å². The highest BCUT2D eigenvalue weighted by molar-refractivity contribution is 6.44. The molecule has 2 aromatic rings. The van der Waals surface area contributed by atoms with Gasteiger partial charge < -0.3 is 9.52 Å². The lowest BCUT2D eigenvalue weighted by molar-refractivity contribution is 0.147. The smallest absolute Gasteiger partial charge is 0.135 e. The number of aliphatic hydroxyl groups excluding tert-OH is 1. The fourth-order valence-electron chi connectivity index (χ4n) is 1.59. The topological polar surface area (TPSA) is 33.4 Å². The largest absolute Gasteiger partial charge is 0.458 e. The van der Waals surface area contributed by atoms with Gasteiger partial charge in [-0.15, -0.1) is 0 Å². The molecule has 0 aliphatic rings. The number of halogens is 3. The van der Waals surface area contributed by atoms with Gasteiger partial charge in [0, 0.05) is 5.56 Å². The van der Waals surface area contributed by atoms with E-state index in [0.717, 1.165) is 0 Å². The molecule has 0 spiro atoms. The minimum Gasteiger partial charge on any atom is -0.458 e. The van der Waals surface area contributed by atoms with Crippen molar-refractivity contribution in [2.24, 2.45) is 0 Å². The molecule has 1 aromatic heterocycles. The summed E-state index contributed by atoms with van der Waals surface area (Å²) in [6, 6.07) is 6.69. The van der Waals surface area contributed by atoms with Crippen molar-refractivity contribution in [2.45, 2.75) is 19.4 Å². The van der Waals surface area contributed by atoms with Gasteiger partial charge in [0.25, 0.3) is 0 Å². The highest BCUT2D eigenvalue weighted by atomic mass is 35.5. The summed E-state index contributed by atoms with van der Waals surface area (Å²) in [7, 11) is 0. The molecule has 0 radical (unpaired) electrons. The zero-order valence-corrected chi connectivity index (χ0v) is 11.9. The van der Waals surface area contributed by atoms with Crippen LogP contribution in [0.1, 0.15) is 25.2 Å². The van der Waals surface area contributed by atoms with E-state index in [-0.39, 0.29) is 0 Å². The van der Waals surface area contributed by atoms with E-state index in [1.54, 1.807) is 24.3 Å². The van der Waals surface area contributed by atoms with Crippen molar-refractivity contribution in [1.29, 1.82) is 0 Å². The molecule has 18 heavy (non-hydrogen) atoms. The molecule has 96 valence electrons. The quantitative estimate of drug-likeness (QED) is 0.775. The van der Waals surface area contributed by atoms with Crippen LogP contribution in [0.4, 0.5) is 0 Å². The average molecular weight is 306 g/mol. The predicted octanol–water partition coefficient (Wildman–Crippen LogP) is 5.35. The van der Waals surface area contributed by atoms with Gasteiger partial charge in [-0.1, -0.05) is 41.7 Å². The molecule has 0 aliphatic carbocycles. The minimum atomic E-state index is -0.611. The second-order valence-corrected chi connectivity index (χ2v) is 5.09. The van der Waals surface area contributed by atoms with Crippen LogP contribution < -0.4 is 0 Å². The molecule has 5 heteroatoms. The Morgan fingerprint density at radius 3 is 2.44 bits per heavy atom. The van der Waals surface area contributed by atoms with Crippen molar-refractivity contribution in [3.8, 4) is 11.3 Å². The molecule has 1 N–H and O–H groups in total. The van der Waals surface area contributed by atoms with Crippen molar-refractivity contribution in [3.63, 3.8) is 0 Å². The molecule has 1 heterocycles. The third-order valence-electron chi connectivity index (χ3n) is 2.62. The lowest BCUT2D eigenvalue weighted by atomic mass is 10.2. The maximum atomic E-state index is 9.68. The van der Waals surface area contributed by atoms with Crippen molar-refractivity contribution >= 4 is 34.8 Å². The van der Waals surface area contributed by atoms with Crippen molar-refractivity contribution in [3.05, 3.63) is 45.1 Å². The molecular weight excluding hydrogens is 294 g/mol. The molecule has 2 nitrogen and oxygen atoms in total. The molecule has 0 aliphatic heterocycles. The first-order valence-electron chi connectivity index (χ1n) is 5.45. The van der Waals surface area contributed by atoms with Gasteiger partial charge in [-0.2, -0.15) is 0 Å². The summed E-state index contributed by atoms with van der Waals surface area (Å²) < 4.78 is 5.56. The molecular formula is C13H11Cl3O2. The van der Waals surface area contributed by atoms with Crippen LogP contribution in [0, 0.1) is 0 Å². The maximum Gasteiger partial charge on any atom is 0.135 e. The molecule has 1 atom stereocenters. The summed E-state index contributed by atoms with van der Waals surface area (Å²) in [6.45, 7) is 1.87. The minimum absolute atomic E-state index is 0.394. The fraction of sp³-hybridized carbons (Fsp3) is 0.231. The van der Waals surface area contributed by atoms with Crippen LogP contribution in [0.15, 0.2) is 28.7 Å². The van der Waals surface area contributed by atoms with E-state index in [1.165, 1.54) is 0 Å². The van der Waals surface area contributed by atoms with Crippen LogP contribution in [0.5, 0.6) is 0 Å². The van der Waals surface area contributed by atoms with Crippen LogP contribution >= 0.6 is 34.8 Å². The third-order valence-corrected chi connectivity index (χ3v) is 3.65. The average Bonchev–Trinajstić information content (AvgIpc) is 2.82. The van der Waals surface area contributed by atoms with Gasteiger partial charge in [0.1, 0.15) is 17.6 Å². The SMILES string of the molecule is CCC(O)c1ccc(-c2cc(Cl)c(Cl)cc2Cl)o1. The lowest BCUT2D eigenvalue weighted by Crippen LogP contribution is -1.91. The van der Waals surface area contributed by atoms with Gasteiger partial charge in [0.15, 0.2) is 0 Å². The van der Waals surface area contributed by atoms with E-state index >= 15 is 0 Å². The van der Waals surface area contributed by atoms with E-state index < -0.39 is 6.10 Å². The van der Waals surface area contributed by atoms with Gasteiger partial charge in [-0.05, 0) is 30.7 Å². The number of aliphatic hydroxyl groups is 1. The molecule has 0 saturated carbocycles. The van der Waals surface area contributed by atoms with Crippen LogP contribution in [-0.4, -0.2) is 5.11 Å². The number of hydrogen-bond acceptors (Lipinski definition) is 2. The number of hydrogen-bond donors (Lipinski definition) is 1. The van der Waals surface area contributed by atoms with E-state index in [4.69, 9.17) is 39.2 Å². The van der Waals surface area contributed by atoms with E-state index in [1.807, 2.05) is 6.92 Å². The van der Waals surface area contributed by atoms with Crippen molar-refractivity contribution in [2.75, 3.05) is 0 Å². The molecule has 2 rings (SSSR count). The van der Waals surface area contributed by atoms with Crippen molar-refractivity contribution < 1.29 is 9.52 Å². The first kappa shape index (κ1) is 13.8. The molecule has 1 aromatic carbocycles. The van der Waals surface area contributed by atoms with Gasteiger partial charge >= 0.3 is 0 Å². The Morgan fingerprint density at radius 2 is 1.78 bits per heavy atom. The Morgan fingerprint density at radius 1 is 1.11 bits per heavy atom. The molecule has 0 fully saturated rings.